The highest BCUT2D eigenvalue weighted by Gasteiger charge is 2.50. The highest BCUT2D eigenvalue weighted by atomic mass is 32.2. The minimum absolute atomic E-state index is 0.000665. The van der Waals surface area contributed by atoms with Gasteiger partial charge >= 0.3 is 0 Å². The molecule has 4 aliphatic rings. The number of aliphatic hydroxyl groups is 7. The van der Waals surface area contributed by atoms with Crippen molar-refractivity contribution in [3.8, 4) is 33.3 Å². The Morgan fingerprint density at radius 1 is 0.815 bits per heavy atom. The van der Waals surface area contributed by atoms with E-state index in [1.165, 1.54) is 30.4 Å². The van der Waals surface area contributed by atoms with E-state index in [0.717, 1.165) is 64.3 Å². The van der Waals surface area contributed by atoms with Crippen LogP contribution in [0, 0.1) is 12.5 Å². The highest BCUT2D eigenvalue weighted by molar-refractivity contribution is 7.90. The first-order valence-corrected chi connectivity index (χ1v) is 30.6. The molecule has 4 aliphatic heterocycles. The molecule has 4 fully saturated rings. The molecule has 4 saturated heterocycles. The van der Waals surface area contributed by atoms with E-state index in [1.54, 1.807) is 22.8 Å². The molecule has 9 rings (SSSR count). The molecule has 14 N–H and O–H groups in total. The van der Waals surface area contributed by atoms with Crippen LogP contribution in [0.25, 0.3) is 31.6 Å². The molecule has 5 aromatic rings. The summed E-state index contributed by atoms with van der Waals surface area (Å²) in [5.74, 6) is -10.4. The number of amides is 7. The van der Waals surface area contributed by atoms with Crippen molar-refractivity contribution in [3.63, 3.8) is 0 Å². The molecule has 16 atom stereocenters. The van der Waals surface area contributed by atoms with Crippen LogP contribution in [0.5, 0.6) is 11.5 Å². The number of fused-ring (bicyclic) bond motifs is 3. The van der Waals surface area contributed by atoms with Gasteiger partial charge in [0.1, 0.15) is 53.5 Å². The lowest BCUT2D eigenvalue weighted by molar-refractivity contribution is -0.433. The van der Waals surface area contributed by atoms with Crippen molar-refractivity contribution >= 4 is 75.7 Å². The Morgan fingerprint density at radius 2 is 1.48 bits per heavy atom. The Labute approximate surface area is 533 Å². The quantitative estimate of drug-likeness (QED) is 0.0180. The summed E-state index contributed by atoms with van der Waals surface area (Å²) in [5.41, 5.74) is 2.74. The summed E-state index contributed by atoms with van der Waals surface area (Å²) in [4.78, 5) is 114. The number of carbonyl (C=O) groups excluding carboxylic acids is 7. The lowest BCUT2D eigenvalue weighted by atomic mass is 9.96. The van der Waals surface area contributed by atoms with E-state index in [0.29, 0.717) is 16.2 Å². The number of phenols is 1. The number of phenolic OH excluding ortho intramolecular Hbond substituents is 1. The van der Waals surface area contributed by atoms with Gasteiger partial charge in [-0.25, -0.2) is 21.3 Å². The number of morpholine rings is 1. The van der Waals surface area contributed by atoms with Crippen LogP contribution in [0.15, 0.2) is 72.9 Å². The van der Waals surface area contributed by atoms with Crippen LogP contribution < -0.4 is 35.7 Å². The second kappa shape index (κ2) is 29.6. The SMILES string of the molecule is [C-]#[N+]C[C@@H](O)[C@@H]1NC(=O)C([C@H](O)[C@@H](O)c2ccc(O)c(OSOOO)c2)NC(=O)C2CC(O)CN2C(=O)C(C(C)O)NC(=O)[C@@H](NC(=O)c2ccc(-c3cn4nc(-c5ccc(N6CC(C)OC(C)C6)cc5)sc4n3)cc2)C[C@H](O)CNC(=O)C2[C@@H](O)C(C)CN2C1=O. The van der Waals surface area contributed by atoms with Crippen molar-refractivity contribution in [2.75, 3.05) is 44.2 Å². The number of rotatable bonds is 15. The van der Waals surface area contributed by atoms with Crippen molar-refractivity contribution in [1.29, 1.82) is 0 Å². The molecule has 494 valence electrons. The number of imidazole rings is 1. The zero-order chi connectivity index (χ0) is 66.4. The summed E-state index contributed by atoms with van der Waals surface area (Å²) >= 11 is 1.36. The monoisotopic (exact) mass is 1320 g/mol. The lowest BCUT2D eigenvalue weighted by Crippen LogP contribution is -2.64. The van der Waals surface area contributed by atoms with Crippen LogP contribution in [-0.4, -0.2) is 236 Å². The maximum atomic E-state index is 14.7. The molecule has 0 bridgehead atoms. The number of β-amino-alcohol motifs (C(OH)–C–C–N with tert-alkyl or cyclic N) is 1. The molecule has 0 radical (unpaired) electrons. The fourth-order valence-electron chi connectivity index (χ4n) is 11.5. The predicted molar refractivity (Wildman–Crippen MR) is 323 cm³/mol. The average molecular weight is 1320 g/mol. The second-order valence-corrected chi connectivity index (χ2v) is 24.5. The molecule has 32 nitrogen and oxygen atoms in total. The van der Waals surface area contributed by atoms with Gasteiger partial charge in [0.25, 0.3) is 18.2 Å². The van der Waals surface area contributed by atoms with Crippen LogP contribution in [0.4, 0.5) is 5.69 Å². The Kier molecular flexibility index (Phi) is 22.0. The Morgan fingerprint density at radius 3 is 2.14 bits per heavy atom. The smallest absolute Gasteiger partial charge is 0.261 e. The van der Waals surface area contributed by atoms with E-state index in [9.17, 15) is 74.4 Å². The van der Waals surface area contributed by atoms with Gasteiger partial charge in [-0.2, -0.15) is 5.10 Å². The Balaban J connectivity index is 0.986. The normalized spacial score (nSPS) is 27.7. The molecule has 0 aliphatic carbocycles. The molecule has 34 heteroatoms. The van der Waals surface area contributed by atoms with Gasteiger partial charge in [0, 0.05) is 73.9 Å². The van der Waals surface area contributed by atoms with Gasteiger partial charge < -0.3 is 95.9 Å². The van der Waals surface area contributed by atoms with Crippen LogP contribution in [0.2, 0.25) is 0 Å². The number of carbonyl (C=O) groups is 7. The molecule has 6 heterocycles. The molecule has 0 saturated carbocycles. The van der Waals surface area contributed by atoms with Gasteiger partial charge in [0.05, 0.1) is 48.5 Å². The number of aromatic nitrogens is 3. The maximum Gasteiger partial charge on any atom is 0.261 e. The van der Waals surface area contributed by atoms with Crippen molar-refractivity contribution in [2.24, 2.45) is 5.92 Å². The summed E-state index contributed by atoms with van der Waals surface area (Å²) in [5, 5.41) is 120. The molecule has 7 amide bonds. The number of nitrogens with one attached hydrogen (secondary N) is 5. The molecule has 3 aromatic carbocycles. The van der Waals surface area contributed by atoms with Gasteiger partial charge in [0.15, 0.2) is 17.6 Å². The summed E-state index contributed by atoms with van der Waals surface area (Å²) in [6.45, 7) is 13.0. The van der Waals surface area contributed by atoms with Crippen molar-refractivity contribution < 1.29 is 98.0 Å². The largest absolute Gasteiger partial charge is 0.504 e. The third kappa shape index (κ3) is 15.5. The molecule has 9 unspecified atom stereocenters. The van der Waals surface area contributed by atoms with E-state index in [4.69, 9.17) is 30.8 Å². The minimum atomic E-state index is -2.49. The molecular weight excluding hydrogens is 1250 g/mol. The van der Waals surface area contributed by atoms with Crippen molar-refractivity contribution in [3.05, 3.63) is 95.5 Å². The third-order valence-electron chi connectivity index (χ3n) is 16.2. The van der Waals surface area contributed by atoms with Crippen molar-refractivity contribution in [2.45, 2.75) is 132 Å². The van der Waals surface area contributed by atoms with E-state index in [1.807, 2.05) is 38.1 Å². The number of benzene rings is 3. The fraction of sp³-hybridized carbons (Fsp3) is 0.483. The first-order valence-electron chi connectivity index (χ1n) is 29.2. The van der Waals surface area contributed by atoms with Gasteiger partial charge in [-0.05, 0) is 74.9 Å². The van der Waals surface area contributed by atoms with Gasteiger partial charge in [-0.3, -0.25) is 33.6 Å². The number of aliphatic hydroxyl groups excluding tert-OH is 7. The van der Waals surface area contributed by atoms with Crippen molar-refractivity contribution in [1.82, 2.24) is 51.0 Å². The van der Waals surface area contributed by atoms with E-state index >= 15 is 0 Å². The molecular formula is C58H70N12O20S2. The average Bonchev–Trinajstić information content (AvgIpc) is 1.65. The van der Waals surface area contributed by atoms with Gasteiger partial charge in [-0.15, -0.1) is 0 Å². The van der Waals surface area contributed by atoms with E-state index in [2.05, 4.69) is 45.7 Å². The topological polar surface area (TPSA) is 443 Å². The Bertz CT molecular complexity index is 3500. The van der Waals surface area contributed by atoms with Crippen LogP contribution in [0.1, 0.15) is 62.6 Å². The molecule has 2 aromatic heterocycles. The first kappa shape index (κ1) is 68.2. The standard InChI is InChI=1S/C58H70N12O20S2/c1-26-21-69-46(47(26)76)54(83)60-19-35(72)17-37(61-50(79)31-8-6-30(7-9-31)38-25-70-58(62-38)91-55(66-70)32-10-13-34(14-11-32)67-22-27(2)87-28(3)23-67)51(80)63-43(29(4)71)56(84)68-24-36(73)18-39(68)52(81)65-45(53(82)64-44(57(69)85)41(75)20-59-5)49(78)48(77)33-12-15-40(74)42(16-33)88-92-90-89-86/h6-16,25-29,35-37,39,41,43-49,71-78,86H,17-24H2,1-4H3,(H,60,83)(H,61,79)(H,63,80)(H,64,82)(H,65,81)/t26?,27?,28?,29?,35-,36?,37-,39?,41+,43?,44-,45?,46?,47-,48-,49-/m0/s1. The summed E-state index contributed by atoms with van der Waals surface area (Å²) < 4.78 is 16.7. The van der Waals surface area contributed by atoms with E-state index in [-0.39, 0.29) is 35.7 Å². The number of hydrogen-bond donors (Lipinski definition) is 14. The number of ether oxygens (including phenoxy) is 1. The van der Waals surface area contributed by atoms with Gasteiger partial charge in [0.2, 0.25) is 46.9 Å². The third-order valence-corrected chi connectivity index (χ3v) is 17.5. The summed E-state index contributed by atoms with van der Waals surface area (Å²) in [7, 11) is 0. The van der Waals surface area contributed by atoms with Gasteiger partial charge in [-0.1, -0.05) is 45.8 Å². The lowest BCUT2D eigenvalue weighted by Gasteiger charge is -2.36. The second-order valence-electron chi connectivity index (χ2n) is 23.1. The Hall–Kier alpha value is -8.15. The predicted octanol–water partition coefficient (Wildman–Crippen LogP) is -1.83. The molecule has 0 spiro atoms. The summed E-state index contributed by atoms with van der Waals surface area (Å²) in [6.07, 6.45) is -12.9. The summed E-state index contributed by atoms with van der Waals surface area (Å²) in [6, 6.07) is 5.10. The number of aromatic hydroxyl groups is 1. The number of nitrogens with zero attached hydrogens (tertiary/aromatic N) is 7. The first-order chi connectivity index (χ1) is 43.8. The molecule has 92 heavy (non-hydrogen) atoms. The highest BCUT2D eigenvalue weighted by Crippen LogP contribution is 2.35. The maximum absolute atomic E-state index is 14.7. The minimum Gasteiger partial charge on any atom is -0.504 e. The van der Waals surface area contributed by atoms with E-state index < -0.39 is 177 Å². The number of anilines is 1. The fourth-order valence-corrected chi connectivity index (χ4v) is 12.7. The van der Waals surface area contributed by atoms with Crippen LogP contribution in [-0.2, 0) is 42.9 Å². The zero-order valence-electron chi connectivity index (χ0n) is 49.8. The van der Waals surface area contributed by atoms with Crippen LogP contribution in [0.3, 0.4) is 0 Å². The number of hydrogen-bond acceptors (Lipinski definition) is 25. The van der Waals surface area contributed by atoms with Crippen LogP contribution >= 0.6 is 23.7 Å². The zero-order valence-corrected chi connectivity index (χ0v) is 51.4.